The van der Waals surface area contributed by atoms with E-state index in [0.717, 1.165) is 0 Å². The third kappa shape index (κ3) is 2.09. The normalized spacial score (nSPS) is 28.3. The van der Waals surface area contributed by atoms with Crippen molar-refractivity contribution in [3.8, 4) is 5.88 Å². The van der Waals surface area contributed by atoms with Gasteiger partial charge in [-0.25, -0.2) is 9.50 Å². The Kier molecular flexibility index (Phi) is 3.34. The fraction of sp³-hybridized carbons (Fsp3) is 0.500. The first-order valence-corrected chi connectivity index (χ1v) is 6.64. The van der Waals surface area contributed by atoms with Crippen LogP contribution in [0.3, 0.4) is 0 Å². The van der Waals surface area contributed by atoms with E-state index in [0.29, 0.717) is 0 Å². The monoisotopic (exact) mass is 335 g/mol. The molecule has 0 aliphatic carbocycles. The first-order chi connectivity index (χ1) is 9.86. The van der Waals surface area contributed by atoms with Gasteiger partial charge in [0.15, 0.2) is 4.33 Å². The minimum Gasteiger partial charge on any atom is -0.491 e. The summed E-state index contributed by atoms with van der Waals surface area (Å²) >= 11 is 12.3. The Balaban J connectivity index is 2.13. The summed E-state index contributed by atoms with van der Waals surface area (Å²) < 4.78 is 4.91. The number of rotatable bonds is 2. The lowest BCUT2D eigenvalue weighted by molar-refractivity contribution is -0.0240. The van der Waals surface area contributed by atoms with Crippen LogP contribution in [0.4, 0.5) is 5.95 Å². The summed E-state index contributed by atoms with van der Waals surface area (Å²) in [6, 6.07) is 0. The molecule has 1 unspecified atom stereocenters. The van der Waals surface area contributed by atoms with Crippen LogP contribution in [0.1, 0.15) is 11.8 Å². The first kappa shape index (κ1) is 14.5. The molecule has 1 aliphatic heterocycles. The van der Waals surface area contributed by atoms with Crippen molar-refractivity contribution in [3.63, 3.8) is 0 Å². The highest BCUT2D eigenvalue weighted by Gasteiger charge is 2.55. The molecular formula is C10H11Cl2N5O4. The maximum atomic E-state index is 9.98. The van der Waals surface area contributed by atoms with Crippen LogP contribution in [0, 0.1) is 0 Å². The molecular weight excluding hydrogens is 325 g/mol. The summed E-state index contributed by atoms with van der Waals surface area (Å²) in [4.78, 5) is 7.50. The molecule has 3 rings (SSSR count). The van der Waals surface area contributed by atoms with Crippen LogP contribution in [-0.4, -0.2) is 58.0 Å². The number of imidazole rings is 1. The predicted octanol–water partition coefficient (Wildman–Crippen LogP) is -0.621. The van der Waals surface area contributed by atoms with Crippen molar-refractivity contribution in [1.82, 2.24) is 19.6 Å². The molecule has 0 aromatic carbocycles. The zero-order valence-electron chi connectivity index (χ0n) is 10.4. The van der Waals surface area contributed by atoms with Crippen molar-refractivity contribution in [2.75, 3.05) is 12.3 Å². The maximum absolute atomic E-state index is 9.98. The highest BCUT2D eigenvalue weighted by molar-refractivity contribution is 6.49. The number of aliphatic hydroxyl groups excluding tert-OH is 2. The second-order valence-electron chi connectivity index (χ2n) is 4.57. The minimum atomic E-state index is -1.72. The van der Waals surface area contributed by atoms with E-state index in [1.165, 1.54) is 10.7 Å². The molecule has 1 fully saturated rings. The summed E-state index contributed by atoms with van der Waals surface area (Å²) in [5.41, 5.74) is 5.77. The number of hydrogen-bond acceptors (Lipinski definition) is 8. The highest BCUT2D eigenvalue weighted by Crippen LogP contribution is 2.49. The molecule has 0 spiro atoms. The Morgan fingerprint density at radius 2 is 2.19 bits per heavy atom. The fourth-order valence-corrected chi connectivity index (χ4v) is 2.84. The number of alkyl halides is 2. The number of fused-ring (bicyclic) bond motifs is 1. The number of hydrogen-bond donors (Lipinski definition) is 4. The van der Waals surface area contributed by atoms with Gasteiger partial charge in [0.25, 0.3) is 5.88 Å². The number of anilines is 1. The van der Waals surface area contributed by atoms with Gasteiger partial charge in [-0.15, -0.1) is 5.10 Å². The Bertz CT molecular complexity index is 693. The molecule has 114 valence electrons. The number of halogens is 2. The lowest BCUT2D eigenvalue weighted by atomic mass is 10.1. The van der Waals surface area contributed by atoms with E-state index < -0.39 is 35.1 Å². The van der Waals surface area contributed by atoms with Crippen LogP contribution in [0.5, 0.6) is 5.88 Å². The lowest BCUT2D eigenvalue weighted by Gasteiger charge is -2.22. The SMILES string of the molecule is Nc1nc(O)c2ncc([C@@H]3O[C@H](CO)C(O)C3(Cl)Cl)n2n1. The molecule has 11 heteroatoms. The molecule has 0 amide bonds. The summed E-state index contributed by atoms with van der Waals surface area (Å²) in [5, 5.41) is 32.7. The fourth-order valence-electron chi connectivity index (χ4n) is 2.23. The summed E-state index contributed by atoms with van der Waals surface area (Å²) in [5.74, 6) is -0.605. The van der Waals surface area contributed by atoms with Crippen molar-refractivity contribution in [2.45, 2.75) is 22.6 Å². The van der Waals surface area contributed by atoms with E-state index in [4.69, 9.17) is 33.7 Å². The maximum Gasteiger partial charge on any atom is 0.260 e. The van der Waals surface area contributed by atoms with Gasteiger partial charge in [-0.05, 0) is 0 Å². The molecule has 5 N–H and O–H groups in total. The third-order valence-corrected chi connectivity index (χ3v) is 4.09. The van der Waals surface area contributed by atoms with Crippen molar-refractivity contribution in [3.05, 3.63) is 11.9 Å². The highest BCUT2D eigenvalue weighted by atomic mass is 35.5. The molecule has 21 heavy (non-hydrogen) atoms. The van der Waals surface area contributed by atoms with Gasteiger partial charge in [-0.3, -0.25) is 0 Å². The first-order valence-electron chi connectivity index (χ1n) is 5.88. The second-order valence-corrected chi connectivity index (χ2v) is 6.01. The molecule has 1 aliphatic rings. The average molecular weight is 336 g/mol. The molecule has 1 saturated heterocycles. The number of nitrogens with two attached hydrogens (primary N) is 1. The van der Waals surface area contributed by atoms with Crippen LogP contribution in [0.15, 0.2) is 6.20 Å². The summed E-state index contributed by atoms with van der Waals surface area (Å²) in [6.45, 7) is -0.460. The van der Waals surface area contributed by atoms with E-state index in [9.17, 15) is 15.3 Å². The predicted molar refractivity (Wildman–Crippen MR) is 72.0 cm³/mol. The molecule has 9 nitrogen and oxygen atoms in total. The zero-order valence-corrected chi connectivity index (χ0v) is 11.9. The molecule has 2 aromatic heterocycles. The van der Waals surface area contributed by atoms with Gasteiger partial charge in [0.1, 0.15) is 18.3 Å². The lowest BCUT2D eigenvalue weighted by Crippen LogP contribution is -2.36. The van der Waals surface area contributed by atoms with Crippen molar-refractivity contribution >= 4 is 34.8 Å². The minimum absolute atomic E-state index is 0.0360. The van der Waals surface area contributed by atoms with Crippen LogP contribution in [0.25, 0.3) is 5.65 Å². The number of aliphatic hydroxyl groups is 2. The second kappa shape index (κ2) is 4.82. The van der Waals surface area contributed by atoms with Gasteiger partial charge >= 0.3 is 0 Å². The zero-order chi connectivity index (χ0) is 15.4. The number of aromatic hydroxyl groups is 1. The van der Waals surface area contributed by atoms with Crippen LogP contribution >= 0.6 is 23.2 Å². The number of nitrogens with zero attached hydrogens (tertiary/aromatic N) is 4. The van der Waals surface area contributed by atoms with Crippen molar-refractivity contribution in [1.29, 1.82) is 0 Å². The van der Waals surface area contributed by atoms with E-state index in [2.05, 4.69) is 15.1 Å². The molecule has 0 radical (unpaired) electrons. The summed E-state index contributed by atoms with van der Waals surface area (Å²) in [6.07, 6.45) is -1.98. The smallest absolute Gasteiger partial charge is 0.260 e. The number of nitrogen functional groups attached to an aromatic ring is 1. The average Bonchev–Trinajstić information content (AvgIpc) is 2.91. The quantitative estimate of drug-likeness (QED) is 0.532. The largest absolute Gasteiger partial charge is 0.491 e. The van der Waals surface area contributed by atoms with Gasteiger partial charge in [-0.2, -0.15) is 4.98 Å². The van der Waals surface area contributed by atoms with Gasteiger partial charge in [0.05, 0.1) is 18.5 Å². The Morgan fingerprint density at radius 3 is 2.81 bits per heavy atom. The molecule has 3 heterocycles. The number of ether oxygens (including phenoxy) is 1. The molecule has 0 bridgehead atoms. The van der Waals surface area contributed by atoms with Gasteiger partial charge in [0.2, 0.25) is 11.6 Å². The molecule has 3 atom stereocenters. The number of aromatic nitrogens is 4. The van der Waals surface area contributed by atoms with Crippen LogP contribution in [0.2, 0.25) is 0 Å². The van der Waals surface area contributed by atoms with E-state index in [1.807, 2.05) is 0 Å². The van der Waals surface area contributed by atoms with E-state index >= 15 is 0 Å². The standard InChI is InChI=1S/C10H11Cl2N5O4/c11-10(12)5(19)4(2-18)21-6(10)3-1-14-7-8(20)15-9(13)16-17(3)7/h1,4-6,18-19H,2H2,(H3,13,15,16,20)/t4-,5?,6+/m1/s1. The Morgan fingerprint density at radius 1 is 1.48 bits per heavy atom. The van der Waals surface area contributed by atoms with E-state index in [1.54, 1.807) is 0 Å². The van der Waals surface area contributed by atoms with Crippen LogP contribution < -0.4 is 5.73 Å². The Hall–Kier alpha value is -1.39. The Labute approximate surface area is 127 Å². The topological polar surface area (TPSA) is 139 Å². The van der Waals surface area contributed by atoms with Gasteiger partial charge in [0, 0.05) is 0 Å². The van der Waals surface area contributed by atoms with E-state index in [-0.39, 0.29) is 17.3 Å². The van der Waals surface area contributed by atoms with Crippen molar-refractivity contribution < 1.29 is 20.1 Å². The molecule has 2 aromatic rings. The summed E-state index contributed by atoms with van der Waals surface area (Å²) in [7, 11) is 0. The van der Waals surface area contributed by atoms with Gasteiger partial charge < -0.3 is 25.8 Å². The molecule has 0 saturated carbocycles. The van der Waals surface area contributed by atoms with Gasteiger partial charge in [-0.1, -0.05) is 23.2 Å². The third-order valence-electron chi connectivity index (χ3n) is 3.24. The van der Waals surface area contributed by atoms with Crippen LogP contribution in [-0.2, 0) is 4.74 Å². The van der Waals surface area contributed by atoms with Crippen molar-refractivity contribution in [2.24, 2.45) is 0 Å².